The van der Waals surface area contributed by atoms with E-state index in [2.05, 4.69) is 10.3 Å². The lowest BCUT2D eigenvalue weighted by molar-refractivity contribution is -0.134. The zero-order chi connectivity index (χ0) is 14.1. The number of benzene rings is 1. The SMILES string of the molecule is O=Cc1cncc2c(C3CCC(=O)NC3=O)cccc12. The van der Waals surface area contributed by atoms with Gasteiger partial charge in [0, 0.05) is 29.8 Å². The lowest BCUT2D eigenvalue weighted by Crippen LogP contribution is -2.39. The third-order valence-electron chi connectivity index (χ3n) is 3.61. The van der Waals surface area contributed by atoms with E-state index < -0.39 is 0 Å². The van der Waals surface area contributed by atoms with Gasteiger partial charge in [-0.25, -0.2) is 0 Å². The van der Waals surface area contributed by atoms with E-state index in [1.54, 1.807) is 6.20 Å². The summed E-state index contributed by atoms with van der Waals surface area (Å²) in [6, 6.07) is 5.49. The first kappa shape index (κ1) is 12.5. The van der Waals surface area contributed by atoms with Crippen LogP contribution in [0.15, 0.2) is 30.6 Å². The summed E-state index contributed by atoms with van der Waals surface area (Å²) in [5.41, 5.74) is 1.31. The van der Waals surface area contributed by atoms with Crippen LogP contribution in [-0.4, -0.2) is 23.1 Å². The number of amides is 2. The molecule has 5 heteroatoms. The van der Waals surface area contributed by atoms with Crippen LogP contribution in [0.25, 0.3) is 10.8 Å². The number of carbonyl (C=O) groups excluding carboxylic acids is 3. The number of nitrogens with zero attached hydrogens (tertiary/aromatic N) is 1. The topological polar surface area (TPSA) is 76.1 Å². The summed E-state index contributed by atoms with van der Waals surface area (Å²) in [5, 5.41) is 3.91. The van der Waals surface area contributed by atoms with Crippen LogP contribution in [0.4, 0.5) is 0 Å². The Bertz CT molecular complexity index is 724. The standard InChI is InChI=1S/C15H12N2O3/c18-8-9-6-16-7-13-10(9)2-1-3-11(13)12-4-5-14(19)17-15(12)20/h1-3,6-8,12H,4-5H2,(H,17,19,20). The minimum absolute atomic E-state index is 0.238. The lowest BCUT2D eigenvalue weighted by Gasteiger charge is -2.22. The molecule has 1 N–H and O–H groups in total. The quantitative estimate of drug-likeness (QED) is 0.662. The molecule has 1 atom stereocenters. The van der Waals surface area contributed by atoms with Crippen molar-refractivity contribution < 1.29 is 14.4 Å². The van der Waals surface area contributed by atoms with Gasteiger partial charge in [0.2, 0.25) is 11.8 Å². The molecular formula is C15H12N2O3. The second kappa shape index (κ2) is 4.85. The number of imide groups is 1. The van der Waals surface area contributed by atoms with Gasteiger partial charge in [0.15, 0.2) is 6.29 Å². The highest BCUT2D eigenvalue weighted by Crippen LogP contribution is 2.31. The van der Waals surface area contributed by atoms with Gasteiger partial charge in [-0.2, -0.15) is 0 Å². The Labute approximate surface area is 115 Å². The normalized spacial score (nSPS) is 18.9. The predicted octanol–water partition coefficient (Wildman–Crippen LogP) is 1.57. The highest BCUT2D eigenvalue weighted by Gasteiger charge is 2.29. The average Bonchev–Trinajstić information content (AvgIpc) is 2.46. The molecule has 1 fully saturated rings. The first-order chi connectivity index (χ1) is 9.70. The monoisotopic (exact) mass is 268 g/mol. The van der Waals surface area contributed by atoms with Crippen molar-refractivity contribution in [1.82, 2.24) is 10.3 Å². The number of aldehydes is 1. The van der Waals surface area contributed by atoms with E-state index in [4.69, 9.17) is 0 Å². The molecule has 0 spiro atoms. The van der Waals surface area contributed by atoms with Crippen LogP contribution in [0.1, 0.15) is 34.7 Å². The zero-order valence-corrected chi connectivity index (χ0v) is 10.6. The zero-order valence-electron chi connectivity index (χ0n) is 10.6. The number of carbonyl (C=O) groups is 3. The van der Waals surface area contributed by atoms with Gasteiger partial charge >= 0.3 is 0 Å². The molecule has 2 heterocycles. The van der Waals surface area contributed by atoms with Gasteiger partial charge in [-0.05, 0) is 17.4 Å². The van der Waals surface area contributed by atoms with Gasteiger partial charge in [-0.15, -0.1) is 0 Å². The van der Waals surface area contributed by atoms with Crippen LogP contribution < -0.4 is 5.32 Å². The molecule has 100 valence electrons. The average molecular weight is 268 g/mol. The Kier molecular flexibility index (Phi) is 3.02. The molecule has 5 nitrogen and oxygen atoms in total. The van der Waals surface area contributed by atoms with E-state index in [0.717, 1.165) is 22.6 Å². The smallest absolute Gasteiger partial charge is 0.234 e. The van der Waals surface area contributed by atoms with Crippen LogP contribution in [-0.2, 0) is 9.59 Å². The molecule has 0 aliphatic carbocycles. The second-order valence-electron chi connectivity index (χ2n) is 4.79. The Morgan fingerprint density at radius 1 is 1.20 bits per heavy atom. The number of rotatable bonds is 2. The van der Waals surface area contributed by atoms with E-state index in [0.29, 0.717) is 18.4 Å². The van der Waals surface area contributed by atoms with E-state index in [1.807, 2.05) is 18.2 Å². The van der Waals surface area contributed by atoms with Gasteiger partial charge in [0.05, 0.1) is 5.92 Å². The lowest BCUT2D eigenvalue weighted by atomic mass is 9.87. The number of hydrogen-bond donors (Lipinski definition) is 1. The van der Waals surface area contributed by atoms with Gasteiger partial charge in [0.1, 0.15) is 0 Å². The number of hydrogen-bond acceptors (Lipinski definition) is 4. The Morgan fingerprint density at radius 2 is 2.05 bits per heavy atom. The molecule has 1 aromatic carbocycles. The Morgan fingerprint density at radius 3 is 2.80 bits per heavy atom. The molecule has 1 aliphatic rings. The highest BCUT2D eigenvalue weighted by molar-refractivity contribution is 6.04. The maximum Gasteiger partial charge on any atom is 0.234 e. The van der Waals surface area contributed by atoms with Gasteiger partial charge in [-0.3, -0.25) is 24.7 Å². The number of aromatic nitrogens is 1. The van der Waals surface area contributed by atoms with Gasteiger partial charge < -0.3 is 0 Å². The van der Waals surface area contributed by atoms with E-state index in [-0.39, 0.29) is 17.7 Å². The molecule has 20 heavy (non-hydrogen) atoms. The molecule has 1 aromatic heterocycles. The molecule has 2 amide bonds. The van der Waals surface area contributed by atoms with Crippen molar-refractivity contribution >= 4 is 28.9 Å². The summed E-state index contributed by atoms with van der Waals surface area (Å²) >= 11 is 0. The number of pyridine rings is 1. The minimum Gasteiger partial charge on any atom is -0.298 e. The molecule has 0 saturated carbocycles. The van der Waals surface area contributed by atoms with Crippen LogP contribution in [0, 0.1) is 0 Å². The first-order valence-electron chi connectivity index (χ1n) is 6.36. The van der Waals surface area contributed by atoms with Crippen molar-refractivity contribution in [3.63, 3.8) is 0 Å². The number of nitrogens with one attached hydrogen (secondary N) is 1. The van der Waals surface area contributed by atoms with E-state index in [1.165, 1.54) is 6.20 Å². The van der Waals surface area contributed by atoms with E-state index >= 15 is 0 Å². The van der Waals surface area contributed by atoms with Gasteiger partial charge in [-0.1, -0.05) is 18.2 Å². The fourth-order valence-corrected chi connectivity index (χ4v) is 2.63. The fourth-order valence-electron chi connectivity index (χ4n) is 2.63. The van der Waals surface area contributed by atoms with Gasteiger partial charge in [0.25, 0.3) is 0 Å². The van der Waals surface area contributed by atoms with Crippen LogP contribution in [0.5, 0.6) is 0 Å². The third kappa shape index (κ3) is 1.97. The van der Waals surface area contributed by atoms with Crippen molar-refractivity contribution in [2.24, 2.45) is 0 Å². The molecule has 1 saturated heterocycles. The number of piperidine rings is 1. The third-order valence-corrected chi connectivity index (χ3v) is 3.61. The first-order valence-corrected chi connectivity index (χ1v) is 6.36. The van der Waals surface area contributed by atoms with Crippen molar-refractivity contribution in [3.05, 3.63) is 41.7 Å². The van der Waals surface area contributed by atoms with Crippen LogP contribution in [0.2, 0.25) is 0 Å². The summed E-state index contributed by atoms with van der Waals surface area (Å²) in [7, 11) is 0. The molecule has 1 aliphatic heterocycles. The molecular weight excluding hydrogens is 256 g/mol. The summed E-state index contributed by atoms with van der Waals surface area (Å²) in [4.78, 5) is 38.3. The molecule has 1 unspecified atom stereocenters. The van der Waals surface area contributed by atoms with E-state index in [9.17, 15) is 14.4 Å². The van der Waals surface area contributed by atoms with Crippen LogP contribution in [0.3, 0.4) is 0 Å². The Balaban J connectivity index is 2.15. The van der Waals surface area contributed by atoms with Crippen molar-refractivity contribution in [1.29, 1.82) is 0 Å². The fraction of sp³-hybridized carbons (Fsp3) is 0.200. The second-order valence-corrected chi connectivity index (χ2v) is 4.79. The summed E-state index contributed by atoms with van der Waals surface area (Å²) in [6.45, 7) is 0. The molecule has 2 aromatic rings. The Hall–Kier alpha value is -2.56. The summed E-state index contributed by atoms with van der Waals surface area (Å²) in [5.74, 6) is -0.899. The largest absolute Gasteiger partial charge is 0.298 e. The summed E-state index contributed by atoms with van der Waals surface area (Å²) < 4.78 is 0. The predicted molar refractivity (Wildman–Crippen MR) is 72.3 cm³/mol. The highest BCUT2D eigenvalue weighted by atomic mass is 16.2. The van der Waals surface area contributed by atoms with Crippen molar-refractivity contribution in [2.75, 3.05) is 0 Å². The minimum atomic E-state index is -0.375. The molecule has 3 rings (SSSR count). The van der Waals surface area contributed by atoms with Crippen LogP contribution >= 0.6 is 0 Å². The molecule has 0 bridgehead atoms. The van der Waals surface area contributed by atoms with Crippen molar-refractivity contribution in [2.45, 2.75) is 18.8 Å². The summed E-state index contributed by atoms with van der Waals surface area (Å²) in [6.07, 6.45) is 4.72. The maximum atomic E-state index is 12.0. The maximum absolute atomic E-state index is 12.0. The number of fused-ring (bicyclic) bond motifs is 1. The van der Waals surface area contributed by atoms with Crippen molar-refractivity contribution in [3.8, 4) is 0 Å². The molecule has 0 radical (unpaired) electrons.